The van der Waals surface area contributed by atoms with Crippen LogP contribution in [0.4, 0.5) is 0 Å². The van der Waals surface area contributed by atoms with Gasteiger partial charge in [-0.2, -0.15) is 0 Å². The zero-order valence-electron chi connectivity index (χ0n) is 11.9. The number of amides is 1. The summed E-state index contributed by atoms with van der Waals surface area (Å²) in [6.45, 7) is 2.73. The normalized spacial score (nSPS) is 23.6. The van der Waals surface area contributed by atoms with Crippen molar-refractivity contribution < 1.29 is 9.53 Å². The Morgan fingerprint density at radius 1 is 1.60 bits per heavy atom. The Kier molecular flexibility index (Phi) is 5.40. The Morgan fingerprint density at radius 3 is 3.05 bits per heavy atom. The van der Waals surface area contributed by atoms with E-state index in [4.69, 9.17) is 16.3 Å². The molecule has 0 bridgehead atoms. The maximum atomic E-state index is 12.1. The van der Waals surface area contributed by atoms with Crippen molar-refractivity contribution in [3.05, 3.63) is 34.9 Å². The second kappa shape index (κ2) is 7.07. The molecule has 0 spiro atoms. The van der Waals surface area contributed by atoms with Gasteiger partial charge in [-0.3, -0.25) is 4.79 Å². The lowest BCUT2D eigenvalue weighted by atomic mass is 10.1. The van der Waals surface area contributed by atoms with E-state index in [1.54, 1.807) is 7.11 Å². The molecule has 0 radical (unpaired) electrons. The fraction of sp³-hybridized carbons (Fsp3) is 0.533. The van der Waals surface area contributed by atoms with Gasteiger partial charge >= 0.3 is 0 Å². The van der Waals surface area contributed by atoms with E-state index in [-0.39, 0.29) is 24.1 Å². The van der Waals surface area contributed by atoms with Crippen LogP contribution in [-0.2, 0) is 16.0 Å². The van der Waals surface area contributed by atoms with Crippen LogP contribution in [0.5, 0.6) is 0 Å². The van der Waals surface area contributed by atoms with Gasteiger partial charge in [0.1, 0.15) is 0 Å². The first-order valence-corrected chi connectivity index (χ1v) is 7.27. The molecule has 1 aromatic rings. The molecule has 3 unspecified atom stereocenters. The first-order valence-electron chi connectivity index (χ1n) is 6.89. The van der Waals surface area contributed by atoms with Gasteiger partial charge < -0.3 is 15.4 Å². The molecule has 0 aliphatic carbocycles. The number of carbonyl (C=O) groups is 1. The van der Waals surface area contributed by atoms with Gasteiger partial charge in [0.05, 0.1) is 12.1 Å². The Morgan fingerprint density at radius 2 is 2.40 bits per heavy atom. The average molecular weight is 297 g/mol. The summed E-state index contributed by atoms with van der Waals surface area (Å²) in [5, 5.41) is 6.94. The Hall–Kier alpha value is -1.10. The third-order valence-corrected chi connectivity index (χ3v) is 3.80. The number of carbonyl (C=O) groups excluding carboxylic acids is 1. The van der Waals surface area contributed by atoms with Crippen molar-refractivity contribution in [1.82, 2.24) is 10.6 Å². The summed E-state index contributed by atoms with van der Waals surface area (Å²) in [5.74, 6) is 0.0408. The molecule has 5 heteroatoms. The van der Waals surface area contributed by atoms with Crippen LogP contribution in [0.15, 0.2) is 24.3 Å². The lowest BCUT2D eigenvalue weighted by molar-refractivity contribution is -0.123. The molecule has 1 aliphatic rings. The molecule has 0 aromatic heterocycles. The maximum Gasteiger partial charge on any atom is 0.237 e. The highest BCUT2D eigenvalue weighted by atomic mass is 35.5. The first-order chi connectivity index (χ1) is 9.58. The highest BCUT2D eigenvalue weighted by Gasteiger charge is 2.29. The van der Waals surface area contributed by atoms with E-state index in [9.17, 15) is 4.79 Å². The molecule has 2 N–H and O–H groups in total. The maximum absolute atomic E-state index is 12.1. The quantitative estimate of drug-likeness (QED) is 0.870. The summed E-state index contributed by atoms with van der Waals surface area (Å²) in [6.07, 6.45) is 1.63. The van der Waals surface area contributed by atoms with Crippen LogP contribution in [0.25, 0.3) is 0 Å². The van der Waals surface area contributed by atoms with Crippen LogP contribution >= 0.6 is 11.6 Å². The Bertz CT molecular complexity index is 467. The number of halogens is 1. The monoisotopic (exact) mass is 296 g/mol. The molecule has 4 nitrogen and oxygen atoms in total. The number of ether oxygens (including phenoxy) is 1. The number of methoxy groups -OCH3 is 1. The highest BCUT2D eigenvalue weighted by Crippen LogP contribution is 2.13. The van der Waals surface area contributed by atoms with Gasteiger partial charge in [0, 0.05) is 24.7 Å². The molecule has 110 valence electrons. The van der Waals surface area contributed by atoms with Crippen molar-refractivity contribution in [2.45, 2.75) is 38.0 Å². The summed E-state index contributed by atoms with van der Waals surface area (Å²) in [4.78, 5) is 12.1. The zero-order valence-corrected chi connectivity index (χ0v) is 12.6. The molecule has 20 heavy (non-hydrogen) atoms. The van der Waals surface area contributed by atoms with Crippen LogP contribution < -0.4 is 10.6 Å². The largest absolute Gasteiger partial charge is 0.380 e. The predicted molar refractivity (Wildman–Crippen MR) is 80.0 cm³/mol. The Labute approximate surface area is 124 Å². The van der Waals surface area contributed by atoms with Crippen molar-refractivity contribution in [3.8, 4) is 0 Å². The van der Waals surface area contributed by atoms with E-state index >= 15 is 0 Å². The summed E-state index contributed by atoms with van der Waals surface area (Å²) >= 11 is 5.96. The summed E-state index contributed by atoms with van der Waals surface area (Å²) in [5.41, 5.74) is 1.12. The van der Waals surface area contributed by atoms with Gasteiger partial charge in [-0.15, -0.1) is 0 Å². The molecule has 1 aliphatic heterocycles. The summed E-state index contributed by atoms with van der Waals surface area (Å²) in [6, 6.07) is 7.64. The van der Waals surface area contributed by atoms with Crippen LogP contribution in [0, 0.1) is 0 Å². The second-order valence-corrected chi connectivity index (χ2v) is 5.73. The fourth-order valence-corrected chi connectivity index (χ4v) is 2.71. The minimum absolute atomic E-state index is 0.0408. The number of rotatable bonds is 5. The molecular formula is C15H21ClN2O2. The predicted octanol–water partition coefficient (Wildman–Crippen LogP) is 1.76. The molecule has 1 heterocycles. The van der Waals surface area contributed by atoms with Gasteiger partial charge in [0.2, 0.25) is 5.91 Å². The molecule has 0 saturated carbocycles. The van der Waals surface area contributed by atoms with Crippen LogP contribution in [0.2, 0.25) is 5.02 Å². The lowest BCUT2D eigenvalue weighted by Crippen LogP contribution is -2.44. The SMILES string of the molecule is COC1CNC(C(=O)NC(C)Cc2cccc(Cl)c2)C1. The van der Waals surface area contributed by atoms with E-state index in [1.165, 1.54) is 0 Å². The first kappa shape index (κ1) is 15.3. The molecular weight excluding hydrogens is 276 g/mol. The standard InChI is InChI=1S/C15H21ClN2O2/c1-10(6-11-4-3-5-12(16)7-11)18-15(19)14-8-13(20-2)9-17-14/h3-5,7,10,13-14,17H,6,8-9H2,1-2H3,(H,18,19). The van der Waals surface area contributed by atoms with Crippen LogP contribution in [0.1, 0.15) is 18.9 Å². The fourth-order valence-electron chi connectivity index (χ4n) is 2.49. The van der Waals surface area contributed by atoms with Crippen molar-refractivity contribution in [2.75, 3.05) is 13.7 Å². The Balaban J connectivity index is 1.82. The number of hydrogen-bond acceptors (Lipinski definition) is 3. The highest BCUT2D eigenvalue weighted by molar-refractivity contribution is 6.30. The molecule has 1 aromatic carbocycles. The number of hydrogen-bond donors (Lipinski definition) is 2. The van der Waals surface area contributed by atoms with Gasteiger partial charge in [-0.1, -0.05) is 23.7 Å². The van der Waals surface area contributed by atoms with Gasteiger partial charge in [-0.05, 0) is 37.5 Å². The lowest BCUT2D eigenvalue weighted by Gasteiger charge is -2.17. The van der Waals surface area contributed by atoms with Crippen LogP contribution in [0.3, 0.4) is 0 Å². The van der Waals surface area contributed by atoms with Crippen molar-refractivity contribution >= 4 is 17.5 Å². The number of benzene rings is 1. The van der Waals surface area contributed by atoms with E-state index < -0.39 is 0 Å². The van der Waals surface area contributed by atoms with E-state index in [0.29, 0.717) is 0 Å². The minimum atomic E-state index is -0.151. The molecule has 3 atom stereocenters. The minimum Gasteiger partial charge on any atom is -0.380 e. The topological polar surface area (TPSA) is 50.4 Å². The molecule has 2 rings (SSSR count). The van der Waals surface area contributed by atoms with Crippen molar-refractivity contribution in [1.29, 1.82) is 0 Å². The zero-order chi connectivity index (χ0) is 14.5. The summed E-state index contributed by atoms with van der Waals surface area (Å²) in [7, 11) is 1.68. The third kappa shape index (κ3) is 4.20. The number of nitrogens with one attached hydrogen (secondary N) is 2. The second-order valence-electron chi connectivity index (χ2n) is 5.30. The van der Waals surface area contributed by atoms with E-state index in [2.05, 4.69) is 10.6 Å². The third-order valence-electron chi connectivity index (χ3n) is 3.56. The van der Waals surface area contributed by atoms with Gasteiger partial charge in [0.25, 0.3) is 0 Å². The smallest absolute Gasteiger partial charge is 0.237 e. The average Bonchev–Trinajstić information content (AvgIpc) is 2.87. The summed E-state index contributed by atoms with van der Waals surface area (Å²) < 4.78 is 5.25. The van der Waals surface area contributed by atoms with Gasteiger partial charge in [0.15, 0.2) is 0 Å². The molecule has 1 amide bonds. The van der Waals surface area contributed by atoms with Gasteiger partial charge in [-0.25, -0.2) is 0 Å². The van der Waals surface area contributed by atoms with Crippen molar-refractivity contribution in [2.24, 2.45) is 0 Å². The van der Waals surface area contributed by atoms with Crippen LogP contribution in [-0.4, -0.2) is 37.7 Å². The van der Waals surface area contributed by atoms with E-state index in [1.807, 2.05) is 31.2 Å². The molecule has 1 fully saturated rings. The van der Waals surface area contributed by atoms with E-state index in [0.717, 1.165) is 30.0 Å². The molecule has 1 saturated heterocycles. The van der Waals surface area contributed by atoms with Crippen molar-refractivity contribution in [3.63, 3.8) is 0 Å².